The Balaban J connectivity index is 2.85. The van der Waals surface area contributed by atoms with Gasteiger partial charge in [-0.2, -0.15) is 0 Å². The van der Waals surface area contributed by atoms with Crippen molar-refractivity contribution in [3.63, 3.8) is 0 Å². The van der Waals surface area contributed by atoms with Gasteiger partial charge in [-0.05, 0) is 40.4 Å². The molecule has 0 heterocycles. The van der Waals surface area contributed by atoms with Gasteiger partial charge >= 0.3 is 0 Å². The Kier molecular flexibility index (Phi) is 5.75. The minimum atomic E-state index is -0.579. The number of hydrogen-bond donors (Lipinski definition) is 3. The number of nitrogen functional groups attached to an aromatic ring is 1. The maximum atomic E-state index is 13.2. The fourth-order valence-corrected chi connectivity index (χ4v) is 2.25. The average molecular weight is 333 g/mol. The molecule has 1 aromatic carbocycles. The third-order valence-corrected chi connectivity index (χ3v) is 3.30. The van der Waals surface area contributed by atoms with Crippen LogP contribution in [0.1, 0.15) is 30.6 Å². The van der Waals surface area contributed by atoms with E-state index in [4.69, 9.17) is 5.73 Å². The van der Waals surface area contributed by atoms with Crippen LogP contribution < -0.4 is 11.1 Å². The van der Waals surface area contributed by atoms with E-state index in [1.807, 2.05) is 13.8 Å². The molecule has 0 aliphatic carbocycles. The molecule has 1 aromatic rings. The molecule has 0 saturated carbocycles. The molecule has 1 unspecified atom stereocenters. The van der Waals surface area contributed by atoms with Crippen molar-refractivity contribution in [2.75, 3.05) is 12.3 Å². The molecule has 106 valence electrons. The fraction of sp³-hybridized carbons (Fsp3) is 0.462. The molecule has 0 aliphatic heterocycles. The molecule has 0 saturated heterocycles. The predicted molar refractivity (Wildman–Crippen MR) is 76.3 cm³/mol. The van der Waals surface area contributed by atoms with Gasteiger partial charge in [-0.25, -0.2) is 4.39 Å². The van der Waals surface area contributed by atoms with Crippen LogP contribution in [-0.4, -0.2) is 23.7 Å². The second-order valence-corrected chi connectivity index (χ2v) is 5.69. The van der Waals surface area contributed by atoms with Gasteiger partial charge in [0.25, 0.3) is 5.91 Å². The SMILES string of the molecule is CC(C)CC(CO)NC(=O)c1cc(N)c(F)cc1Br. The van der Waals surface area contributed by atoms with E-state index in [1.165, 1.54) is 6.07 Å². The maximum absolute atomic E-state index is 13.2. The molecule has 19 heavy (non-hydrogen) atoms. The highest BCUT2D eigenvalue weighted by molar-refractivity contribution is 9.10. The highest BCUT2D eigenvalue weighted by Gasteiger charge is 2.17. The lowest BCUT2D eigenvalue weighted by Crippen LogP contribution is -2.38. The van der Waals surface area contributed by atoms with Gasteiger partial charge in [0.05, 0.1) is 23.9 Å². The van der Waals surface area contributed by atoms with Crippen LogP contribution in [0, 0.1) is 11.7 Å². The first-order valence-corrected chi connectivity index (χ1v) is 6.80. The van der Waals surface area contributed by atoms with Crippen LogP contribution in [-0.2, 0) is 0 Å². The quantitative estimate of drug-likeness (QED) is 0.724. The van der Waals surface area contributed by atoms with Gasteiger partial charge in [-0.1, -0.05) is 13.8 Å². The van der Waals surface area contributed by atoms with Gasteiger partial charge in [0.2, 0.25) is 0 Å². The summed E-state index contributed by atoms with van der Waals surface area (Å²) in [5.41, 5.74) is 5.61. The van der Waals surface area contributed by atoms with Gasteiger partial charge < -0.3 is 16.2 Å². The molecule has 4 N–H and O–H groups in total. The number of nitrogens with two attached hydrogens (primary N) is 1. The molecular formula is C13H18BrFN2O2. The van der Waals surface area contributed by atoms with E-state index >= 15 is 0 Å². The van der Waals surface area contributed by atoms with Crippen molar-refractivity contribution >= 4 is 27.5 Å². The Hall–Kier alpha value is -1.14. The largest absolute Gasteiger partial charge is 0.396 e. The first-order valence-electron chi connectivity index (χ1n) is 6.01. The fourth-order valence-electron chi connectivity index (χ4n) is 1.75. The van der Waals surface area contributed by atoms with Crippen molar-refractivity contribution in [3.05, 3.63) is 28.0 Å². The molecule has 0 fully saturated rings. The lowest BCUT2D eigenvalue weighted by Gasteiger charge is -2.18. The first-order chi connectivity index (χ1) is 8.85. The zero-order valence-electron chi connectivity index (χ0n) is 10.9. The topological polar surface area (TPSA) is 75.3 Å². The van der Waals surface area contributed by atoms with Gasteiger partial charge in [-0.15, -0.1) is 0 Å². The number of carbonyl (C=O) groups excluding carboxylic acids is 1. The van der Waals surface area contributed by atoms with E-state index in [9.17, 15) is 14.3 Å². The van der Waals surface area contributed by atoms with Crippen molar-refractivity contribution < 1.29 is 14.3 Å². The number of amides is 1. The molecular weight excluding hydrogens is 315 g/mol. The van der Waals surface area contributed by atoms with Gasteiger partial charge in [-0.3, -0.25) is 4.79 Å². The summed E-state index contributed by atoms with van der Waals surface area (Å²) in [5.74, 6) is -0.623. The number of anilines is 1. The van der Waals surface area contributed by atoms with Crippen molar-refractivity contribution in [3.8, 4) is 0 Å². The van der Waals surface area contributed by atoms with Crippen LogP contribution >= 0.6 is 15.9 Å². The molecule has 0 radical (unpaired) electrons. The lowest BCUT2D eigenvalue weighted by molar-refractivity contribution is 0.0907. The molecule has 6 heteroatoms. The second-order valence-electron chi connectivity index (χ2n) is 4.84. The number of hydrogen-bond acceptors (Lipinski definition) is 3. The maximum Gasteiger partial charge on any atom is 0.252 e. The van der Waals surface area contributed by atoms with Gasteiger partial charge in [0.1, 0.15) is 5.82 Å². The number of halogens is 2. The molecule has 1 amide bonds. The normalized spacial score (nSPS) is 12.5. The Bertz CT molecular complexity index is 466. The molecule has 4 nitrogen and oxygen atoms in total. The average Bonchev–Trinajstić information content (AvgIpc) is 2.32. The number of nitrogens with one attached hydrogen (secondary N) is 1. The number of rotatable bonds is 5. The molecule has 1 rings (SSSR count). The van der Waals surface area contributed by atoms with Crippen LogP contribution in [0.4, 0.5) is 10.1 Å². The first kappa shape index (κ1) is 15.9. The minimum absolute atomic E-state index is 0.0854. The lowest BCUT2D eigenvalue weighted by atomic mass is 10.0. The highest BCUT2D eigenvalue weighted by atomic mass is 79.9. The highest BCUT2D eigenvalue weighted by Crippen LogP contribution is 2.23. The summed E-state index contributed by atoms with van der Waals surface area (Å²) in [4.78, 5) is 12.0. The van der Waals surface area contributed by atoms with E-state index in [-0.39, 0.29) is 23.9 Å². The van der Waals surface area contributed by atoms with Crippen molar-refractivity contribution in [2.45, 2.75) is 26.3 Å². The smallest absolute Gasteiger partial charge is 0.252 e. The van der Waals surface area contributed by atoms with Gasteiger partial charge in [0.15, 0.2) is 0 Å². The minimum Gasteiger partial charge on any atom is -0.396 e. The Morgan fingerprint density at radius 1 is 1.53 bits per heavy atom. The van der Waals surface area contributed by atoms with E-state index < -0.39 is 11.7 Å². The van der Waals surface area contributed by atoms with Crippen LogP contribution in [0.15, 0.2) is 16.6 Å². The summed E-state index contributed by atoms with van der Waals surface area (Å²) < 4.78 is 13.5. The van der Waals surface area contributed by atoms with Crippen LogP contribution in [0.25, 0.3) is 0 Å². The summed E-state index contributed by atoms with van der Waals surface area (Å²) in [6, 6.07) is 2.10. The second kappa shape index (κ2) is 6.86. The molecule has 0 aliphatic rings. The molecule has 1 atom stereocenters. The van der Waals surface area contributed by atoms with E-state index in [1.54, 1.807) is 0 Å². The zero-order chi connectivity index (χ0) is 14.6. The number of benzene rings is 1. The summed E-state index contributed by atoms with van der Waals surface area (Å²) in [5, 5.41) is 11.9. The monoisotopic (exact) mass is 332 g/mol. The molecule has 0 bridgehead atoms. The molecule has 0 aromatic heterocycles. The van der Waals surface area contributed by atoms with E-state index in [0.717, 1.165) is 6.07 Å². The molecule has 0 spiro atoms. The van der Waals surface area contributed by atoms with Crippen LogP contribution in [0.3, 0.4) is 0 Å². The number of carbonyl (C=O) groups is 1. The van der Waals surface area contributed by atoms with E-state index in [2.05, 4.69) is 21.2 Å². The van der Waals surface area contributed by atoms with Crippen LogP contribution in [0.2, 0.25) is 0 Å². The summed E-state index contributed by atoms with van der Waals surface area (Å²) >= 11 is 3.13. The Morgan fingerprint density at radius 3 is 2.68 bits per heavy atom. The summed E-state index contributed by atoms with van der Waals surface area (Å²) in [7, 11) is 0. The summed E-state index contributed by atoms with van der Waals surface area (Å²) in [6.45, 7) is 3.86. The van der Waals surface area contributed by atoms with Crippen LogP contribution in [0.5, 0.6) is 0 Å². The summed E-state index contributed by atoms with van der Waals surface area (Å²) in [6.07, 6.45) is 0.663. The standard InChI is InChI=1S/C13H18BrFN2O2/c1-7(2)3-8(6-18)17-13(19)9-4-12(16)11(15)5-10(9)14/h4-5,7-8,18H,3,6,16H2,1-2H3,(H,17,19). The van der Waals surface area contributed by atoms with Crippen molar-refractivity contribution in [1.29, 1.82) is 0 Å². The van der Waals surface area contributed by atoms with Gasteiger partial charge in [0, 0.05) is 4.47 Å². The predicted octanol–water partition coefficient (Wildman–Crippen LogP) is 2.31. The third kappa shape index (κ3) is 4.47. The Labute approximate surface area is 120 Å². The van der Waals surface area contributed by atoms with Crippen molar-refractivity contribution in [1.82, 2.24) is 5.32 Å². The number of aliphatic hydroxyl groups is 1. The number of aliphatic hydroxyl groups excluding tert-OH is 1. The Morgan fingerprint density at radius 2 is 2.16 bits per heavy atom. The van der Waals surface area contributed by atoms with Crippen molar-refractivity contribution in [2.24, 2.45) is 5.92 Å². The van der Waals surface area contributed by atoms with E-state index in [0.29, 0.717) is 16.8 Å². The third-order valence-electron chi connectivity index (χ3n) is 2.64. The zero-order valence-corrected chi connectivity index (χ0v) is 12.5.